The van der Waals surface area contributed by atoms with Gasteiger partial charge in [-0.05, 0) is 49.2 Å². The van der Waals surface area contributed by atoms with Gasteiger partial charge in [-0.25, -0.2) is 0 Å². The van der Waals surface area contributed by atoms with Gasteiger partial charge in [0.2, 0.25) is 0 Å². The summed E-state index contributed by atoms with van der Waals surface area (Å²) in [7, 11) is 0. The minimum absolute atomic E-state index is 0.639. The van der Waals surface area contributed by atoms with E-state index < -0.39 is 11.7 Å². The quantitative estimate of drug-likeness (QED) is 0.799. The number of alkyl halides is 3. The minimum atomic E-state index is -4.29. The van der Waals surface area contributed by atoms with E-state index in [1.165, 1.54) is 12.1 Å². The SMILES string of the molecule is Cc1cccc(C)c1Nc1ccc(C(F)(F)F)cc1. The molecule has 0 atom stereocenters. The predicted molar refractivity (Wildman–Crippen MR) is 70.6 cm³/mol. The Bertz CT molecular complexity index is 551. The molecular formula is C15H14F3N. The summed E-state index contributed by atoms with van der Waals surface area (Å²) in [6, 6.07) is 10.9. The highest BCUT2D eigenvalue weighted by Crippen LogP contribution is 2.31. The van der Waals surface area contributed by atoms with Crippen molar-refractivity contribution >= 4 is 11.4 Å². The van der Waals surface area contributed by atoms with Crippen LogP contribution in [0.4, 0.5) is 24.5 Å². The molecule has 0 radical (unpaired) electrons. The zero-order chi connectivity index (χ0) is 14.0. The third kappa shape index (κ3) is 3.08. The smallest absolute Gasteiger partial charge is 0.355 e. The van der Waals surface area contributed by atoms with E-state index in [0.29, 0.717) is 5.69 Å². The van der Waals surface area contributed by atoms with E-state index in [1.54, 1.807) is 0 Å². The highest BCUT2D eigenvalue weighted by molar-refractivity contribution is 5.66. The van der Waals surface area contributed by atoms with Crippen LogP contribution in [0, 0.1) is 13.8 Å². The number of nitrogens with one attached hydrogen (secondary N) is 1. The van der Waals surface area contributed by atoms with Gasteiger partial charge in [0.25, 0.3) is 0 Å². The molecule has 19 heavy (non-hydrogen) atoms. The molecule has 0 aliphatic heterocycles. The summed E-state index contributed by atoms with van der Waals surface area (Å²) in [5.41, 5.74) is 3.05. The lowest BCUT2D eigenvalue weighted by molar-refractivity contribution is -0.137. The summed E-state index contributed by atoms with van der Waals surface area (Å²) in [5, 5.41) is 3.15. The molecule has 2 aromatic carbocycles. The molecule has 0 spiro atoms. The van der Waals surface area contributed by atoms with Crippen LogP contribution in [-0.2, 0) is 6.18 Å². The lowest BCUT2D eigenvalue weighted by Crippen LogP contribution is -2.04. The van der Waals surface area contributed by atoms with Gasteiger partial charge >= 0.3 is 6.18 Å². The molecule has 0 saturated carbocycles. The lowest BCUT2D eigenvalue weighted by Gasteiger charge is -2.13. The van der Waals surface area contributed by atoms with Gasteiger partial charge in [0, 0.05) is 11.4 Å². The van der Waals surface area contributed by atoms with Gasteiger partial charge in [-0.1, -0.05) is 18.2 Å². The summed E-state index contributed by atoms with van der Waals surface area (Å²) in [6.07, 6.45) is -4.29. The first kappa shape index (κ1) is 13.5. The number of para-hydroxylation sites is 1. The van der Waals surface area contributed by atoms with Crippen molar-refractivity contribution in [3.63, 3.8) is 0 Å². The van der Waals surface area contributed by atoms with Gasteiger partial charge in [0.15, 0.2) is 0 Å². The normalized spacial score (nSPS) is 11.4. The van der Waals surface area contributed by atoms with Crippen LogP contribution in [0.1, 0.15) is 16.7 Å². The van der Waals surface area contributed by atoms with E-state index >= 15 is 0 Å². The number of rotatable bonds is 2. The maximum absolute atomic E-state index is 12.5. The van der Waals surface area contributed by atoms with Crippen molar-refractivity contribution in [1.29, 1.82) is 0 Å². The molecule has 0 heterocycles. The first-order valence-electron chi connectivity index (χ1n) is 5.88. The van der Waals surface area contributed by atoms with E-state index in [4.69, 9.17) is 0 Å². The maximum Gasteiger partial charge on any atom is 0.416 e. The van der Waals surface area contributed by atoms with Gasteiger partial charge in [-0.15, -0.1) is 0 Å². The van der Waals surface area contributed by atoms with Crippen molar-refractivity contribution in [2.75, 3.05) is 5.32 Å². The molecule has 0 amide bonds. The third-order valence-corrected chi connectivity index (χ3v) is 2.96. The van der Waals surface area contributed by atoms with Crippen LogP contribution >= 0.6 is 0 Å². The van der Waals surface area contributed by atoms with Crippen LogP contribution in [0.2, 0.25) is 0 Å². The van der Waals surface area contributed by atoms with Crippen LogP contribution in [0.3, 0.4) is 0 Å². The molecule has 0 saturated heterocycles. The number of aryl methyl sites for hydroxylation is 2. The van der Waals surface area contributed by atoms with Crippen LogP contribution in [0.25, 0.3) is 0 Å². The molecule has 0 fully saturated rings. The average Bonchev–Trinajstić information content (AvgIpc) is 2.33. The topological polar surface area (TPSA) is 12.0 Å². The fraction of sp³-hybridized carbons (Fsp3) is 0.200. The van der Waals surface area contributed by atoms with Gasteiger partial charge in [0.05, 0.1) is 5.56 Å². The molecular weight excluding hydrogens is 251 g/mol. The number of halogens is 3. The second-order valence-electron chi connectivity index (χ2n) is 4.47. The Kier molecular flexibility index (Phi) is 3.51. The van der Waals surface area contributed by atoms with Crippen molar-refractivity contribution in [3.05, 3.63) is 59.2 Å². The summed E-state index contributed by atoms with van der Waals surface area (Å²) in [4.78, 5) is 0. The monoisotopic (exact) mass is 265 g/mol. The lowest BCUT2D eigenvalue weighted by atomic mass is 10.1. The number of benzene rings is 2. The molecule has 4 heteroatoms. The summed E-state index contributed by atoms with van der Waals surface area (Å²) < 4.78 is 37.4. The Labute approximate surface area is 110 Å². The molecule has 0 aromatic heterocycles. The second-order valence-corrected chi connectivity index (χ2v) is 4.47. The summed E-state index contributed by atoms with van der Waals surface area (Å²) in [6.45, 7) is 3.92. The molecule has 2 rings (SSSR count). The van der Waals surface area contributed by atoms with Gasteiger partial charge < -0.3 is 5.32 Å². The molecule has 0 bridgehead atoms. The van der Waals surface area contributed by atoms with Crippen molar-refractivity contribution in [2.45, 2.75) is 20.0 Å². The van der Waals surface area contributed by atoms with Crippen LogP contribution in [0.15, 0.2) is 42.5 Å². The van der Waals surface area contributed by atoms with Crippen molar-refractivity contribution in [1.82, 2.24) is 0 Å². The van der Waals surface area contributed by atoms with Crippen LogP contribution in [-0.4, -0.2) is 0 Å². The zero-order valence-electron chi connectivity index (χ0n) is 10.7. The van der Waals surface area contributed by atoms with Crippen LogP contribution < -0.4 is 5.32 Å². The molecule has 2 aromatic rings. The van der Waals surface area contributed by atoms with E-state index in [1.807, 2.05) is 32.0 Å². The number of hydrogen-bond donors (Lipinski definition) is 1. The number of anilines is 2. The van der Waals surface area contributed by atoms with Crippen molar-refractivity contribution in [3.8, 4) is 0 Å². The largest absolute Gasteiger partial charge is 0.416 e. The first-order valence-corrected chi connectivity index (χ1v) is 5.88. The van der Waals surface area contributed by atoms with Gasteiger partial charge in [-0.2, -0.15) is 13.2 Å². The fourth-order valence-electron chi connectivity index (χ4n) is 1.90. The van der Waals surface area contributed by atoms with Crippen molar-refractivity contribution in [2.24, 2.45) is 0 Å². The molecule has 0 unspecified atom stereocenters. The number of hydrogen-bond acceptors (Lipinski definition) is 1. The Balaban J connectivity index is 2.25. The van der Waals surface area contributed by atoms with E-state index in [0.717, 1.165) is 28.9 Å². The molecule has 1 N–H and O–H groups in total. The zero-order valence-corrected chi connectivity index (χ0v) is 10.7. The summed E-state index contributed by atoms with van der Waals surface area (Å²) >= 11 is 0. The molecule has 0 aliphatic carbocycles. The Morgan fingerprint density at radius 2 is 1.37 bits per heavy atom. The van der Waals surface area contributed by atoms with Crippen LogP contribution in [0.5, 0.6) is 0 Å². The Morgan fingerprint density at radius 1 is 0.842 bits per heavy atom. The van der Waals surface area contributed by atoms with E-state index in [2.05, 4.69) is 5.32 Å². The molecule has 100 valence electrons. The Hall–Kier alpha value is -1.97. The third-order valence-electron chi connectivity index (χ3n) is 2.96. The highest BCUT2D eigenvalue weighted by atomic mass is 19.4. The van der Waals surface area contributed by atoms with E-state index in [9.17, 15) is 13.2 Å². The van der Waals surface area contributed by atoms with Gasteiger partial charge in [-0.3, -0.25) is 0 Å². The average molecular weight is 265 g/mol. The molecule has 1 nitrogen and oxygen atoms in total. The van der Waals surface area contributed by atoms with Crippen molar-refractivity contribution < 1.29 is 13.2 Å². The predicted octanol–water partition coefficient (Wildman–Crippen LogP) is 5.07. The van der Waals surface area contributed by atoms with Gasteiger partial charge in [0.1, 0.15) is 0 Å². The highest BCUT2D eigenvalue weighted by Gasteiger charge is 2.29. The molecule has 0 aliphatic rings. The van der Waals surface area contributed by atoms with E-state index in [-0.39, 0.29) is 0 Å². The second kappa shape index (κ2) is 4.96. The first-order chi connectivity index (χ1) is 8.88. The standard InChI is InChI=1S/C15H14F3N/c1-10-4-3-5-11(2)14(10)19-13-8-6-12(7-9-13)15(16,17)18/h3-9,19H,1-2H3. The maximum atomic E-state index is 12.5. The fourth-order valence-corrected chi connectivity index (χ4v) is 1.90. The summed E-state index contributed by atoms with van der Waals surface area (Å²) in [5.74, 6) is 0. The minimum Gasteiger partial charge on any atom is -0.355 e. The Morgan fingerprint density at radius 3 is 1.84 bits per heavy atom.